The lowest BCUT2D eigenvalue weighted by Crippen LogP contribution is -2.31. The normalized spacial score (nSPS) is 12.3. The van der Waals surface area contributed by atoms with Crippen molar-refractivity contribution in [2.75, 3.05) is 11.9 Å². The van der Waals surface area contributed by atoms with Crippen LogP contribution in [0.5, 0.6) is 0 Å². The zero-order valence-corrected chi connectivity index (χ0v) is 57.1. The number of nitrogens with one attached hydrogen (secondary N) is 4. The van der Waals surface area contributed by atoms with Crippen LogP contribution in [-0.2, 0) is 17.6 Å². The Bertz CT molecular complexity index is 4500. The minimum absolute atomic E-state index is 0.0775. The number of fused-ring (bicyclic) bond motifs is 7. The summed E-state index contributed by atoms with van der Waals surface area (Å²) >= 11 is 0. The first-order valence-corrected chi connectivity index (χ1v) is 32.7. The maximum atomic E-state index is 11.5. The lowest BCUT2D eigenvalue weighted by atomic mass is 9.94. The largest absolute Gasteiger partial charge is 0.352 e. The summed E-state index contributed by atoms with van der Waals surface area (Å²) in [6.45, 7) is 30.6. The number of hydrogen-bond donors (Lipinski definition) is 4. The Balaban J connectivity index is 0.000000142. The Labute approximate surface area is 555 Å². The average molecular weight is 1270 g/mol. The maximum absolute atomic E-state index is 11.5. The summed E-state index contributed by atoms with van der Waals surface area (Å²) in [6, 6.07) is 36.7. The van der Waals surface area contributed by atoms with E-state index in [0.29, 0.717) is 53.5 Å². The number of H-pyrrole nitrogens is 2. The van der Waals surface area contributed by atoms with E-state index in [2.05, 4.69) is 216 Å². The molecule has 12 aromatic rings. The minimum atomic E-state index is -0.293. The number of hydrogen-bond acceptors (Lipinski definition) is 14. The molecule has 10 heterocycles. The predicted molar refractivity (Wildman–Crippen MR) is 383 cm³/mol. The third-order valence-electron chi connectivity index (χ3n) is 16.1. The molecule has 0 bridgehead atoms. The molecule has 0 aliphatic carbocycles. The fraction of sp³-hybridized carbons (Fsp3) is 0.325. The molecular formula is C77H88N14O4. The molecule has 0 spiro atoms. The smallest absolute Gasteiger partial charge is 0.345 e. The molecule has 14 rings (SSSR count). The van der Waals surface area contributed by atoms with Crippen LogP contribution in [0, 0.1) is 0 Å². The minimum Gasteiger partial charge on any atom is -0.352 e. The van der Waals surface area contributed by atoms with E-state index in [1.165, 1.54) is 45.1 Å². The summed E-state index contributed by atoms with van der Waals surface area (Å²) in [6.07, 6.45) is 17.5. The molecule has 0 atom stereocenters. The number of nitrogens with zero attached hydrogens (tertiary/aromatic N) is 10. The van der Waals surface area contributed by atoms with Gasteiger partial charge >= 0.3 is 5.69 Å². The van der Waals surface area contributed by atoms with Gasteiger partial charge in [0.25, 0.3) is 11.5 Å². The second-order valence-electron chi connectivity index (χ2n) is 25.6. The number of carbonyl (C=O) groups is 2. The zero-order valence-electron chi connectivity index (χ0n) is 57.1. The van der Waals surface area contributed by atoms with Gasteiger partial charge < -0.3 is 20.6 Å². The van der Waals surface area contributed by atoms with Crippen molar-refractivity contribution < 1.29 is 9.59 Å². The molecule has 2 amide bonds. The van der Waals surface area contributed by atoms with E-state index in [4.69, 9.17) is 0 Å². The van der Waals surface area contributed by atoms with Crippen molar-refractivity contribution in [3.05, 3.63) is 242 Å². The van der Waals surface area contributed by atoms with Crippen molar-refractivity contribution in [2.45, 2.75) is 158 Å². The number of aryl methyl sites for hydroxylation is 1. The van der Waals surface area contributed by atoms with Crippen molar-refractivity contribution >= 4 is 72.5 Å². The number of anilines is 1. The first kappa shape index (κ1) is 70.5. The average Bonchev–Trinajstić information content (AvgIpc) is 1.05. The molecule has 0 saturated carbocycles. The highest BCUT2D eigenvalue weighted by Gasteiger charge is 2.18. The molecule has 95 heavy (non-hydrogen) atoms. The summed E-state index contributed by atoms with van der Waals surface area (Å²) in [5, 5.41) is 8.91. The monoisotopic (exact) mass is 1270 g/mol. The van der Waals surface area contributed by atoms with Crippen molar-refractivity contribution in [1.82, 2.24) is 65.1 Å². The number of amides is 2. The van der Waals surface area contributed by atoms with E-state index in [9.17, 15) is 19.2 Å². The van der Waals surface area contributed by atoms with Crippen LogP contribution in [0.25, 0.3) is 55.0 Å². The van der Waals surface area contributed by atoms with Crippen LogP contribution in [0.15, 0.2) is 175 Å². The second kappa shape index (κ2) is 33.5. The summed E-state index contributed by atoms with van der Waals surface area (Å²) in [7, 11) is 0. The molecule has 0 radical (unpaired) electrons. The standard InChI is InChI=1S/2C12H15NO.2C11H12N2O.C11H12N2.2C10H11N3/c1-8(2)10-4-3-9-5-6-13-12(14)11(9)7-10;1-8(2)10-4-3-9-5-6-12(14)13-11(9)7-10;1-7(2)8-3-4-9-10(5-8)13-11(14)6-12-9;1-7(2)8-3-4-9-6-12-11(14)13-10(9)5-8;1-8(2)10-6-5-9-4-3-7-12-11(9)13-10;1-7(2)8-5-9-10(13-6-8)12-4-3-11-9;1-7(2)9-10-8(3-4-12-9)5-11-6-13-10/h2*3-4,7-8H,5-6H2,1-2H3,(H,13,14);3-7H,1-2H3,(H,13,14);3-7H,1-2H3,(H,12,13,14);3-8H,1-2H3;2*3-7H,1-2H3. The van der Waals surface area contributed by atoms with Crippen LogP contribution in [0.2, 0.25) is 0 Å². The van der Waals surface area contributed by atoms with Crippen LogP contribution in [0.4, 0.5) is 5.69 Å². The first-order valence-electron chi connectivity index (χ1n) is 32.7. The Morgan fingerprint density at radius 2 is 1.07 bits per heavy atom. The van der Waals surface area contributed by atoms with Gasteiger partial charge in [-0.05, 0) is 160 Å². The van der Waals surface area contributed by atoms with E-state index in [1.807, 2.05) is 73.1 Å². The van der Waals surface area contributed by atoms with E-state index in [0.717, 1.165) is 91.4 Å². The predicted octanol–water partition coefficient (Wildman–Crippen LogP) is 15.9. The van der Waals surface area contributed by atoms with Gasteiger partial charge in [0.1, 0.15) is 11.8 Å². The number of rotatable bonds is 7. The van der Waals surface area contributed by atoms with Crippen LogP contribution < -0.4 is 21.9 Å². The lowest BCUT2D eigenvalue weighted by Gasteiger charge is -2.18. The molecule has 18 nitrogen and oxygen atoms in total. The molecule has 0 unspecified atom stereocenters. The van der Waals surface area contributed by atoms with Crippen LogP contribution in [0.3, 0.4) is 0 Å². The van der Waals surface area contributed by atoms with E-state index in [-0.39, 0.29) is 23.1 Å². The van der Waals surface area contributed by atoms with Gasteiger partial charge in [-0.15, -0.1) is 0 Å². The highest BCUT2D eigenvalue weighted by Crippen LogP contribution is 2.28. The zero-order chi connectivity index (χ0) is 68.3. The molecule has 0 saturated heterocycles. The van der Waals surface area contributed by atoms with Crippen LogP contribution in [0.1, 0.15) is 205 Å². The van der Waals surface area contributed by atoms with Gasteiger partial charge in [0, 0.05) is 89.4 Å². The number of aromatic nitrogens is 12. The molecule has 2 aliphatic rings. The van der Waals surface area contributed by atoms with Gasteiger partial charge in [-0.2, -0.15) is 0 Å². The van der Waals surface area contributed by atoms with Crippen molar-refractivity contribution in [3.8, 4) is 0 Å². The molecule has 8 aromatic heterocycles. The van der Waals surface area contributed by atoms with Gasteiger partial charge in [0.05, 0.1) is 34.0 Å². The Morgan fingerprint density at radius 1 is 0.421 bits per heavy atom. The SMILES string of the molecule is CC(C)c1ccc2c(c1)C(=O)NCC2.CC(C)c1ccc2c(c1)NC(=O)CC2.CC(C)c1ccc2cccnc2n1.CC(C)c1ccc2cnc(=O)[nH]c2c1.CC(C)c1ccc2ncc(=O)[nH]c2c1.CC(C)c1cnc2nccnc2c1.CC(C)c1nccc2cncnc12. The summed E-state index contributed by atoms with van der Waals surface area (Å²) in [4.78, 5) is 91.7. The molecule has 490 valence electrons. The molecule has 18 heteroatoms. The highest BCUT2D eigenvalue weighted by molar-refractivity contribution is 5.97. The third-order valence-corrected chi connectivity index (χ3v) is 16.1. The van der Waals surface area contributed by atoms with Gasteiger partial charge in [0.15, 0.2) is 11.3 Å². The van der Waals surface area contributed by atoms with Crippen molar-refractivity contribution in [1.29, 1.82) is 0 Å². The Hall–Kier alpha value is -10.4. The van der Waals surface area contributed by atoms with Crippen molar-refractivity contribution in [2.24, 2.45) is 0 Å². The number of benzene rings is 4. The van der Waals surface area contributed by atoms with Gasteiger partial charge in [-0.3, -0.25) is 24.4 Å². The fourth-order valence-electron chi connectivity index (χ4n) is 10.2. The Morgan fingerprint density at radius 3 is 1.79 bits per heavy atom. The highest BCUT2D eigenvalue weighted by atomic mass is 16.2. The van der Waals surface area contributed by atoms with Gasteiger partial charge in [0.2, 0.25) is 5.91 Å². The first-order chi connectivity index (χ1) is 45.5. The lowest BCUT2D eigenvalue weighted by molar-refractivity contribution is -0.116. The molecule has 0 fully saturated rings. The molecule has 4 aromatic carbocycles. The number of carbonyl (C=O) groups excluding carboxylic acids is 2. The van der Waals surface area contributed by atoms with Crippen LogP contribution >= 0.6 is 0 Å². The summed E-state index contributed by atoms with van der Waals surface area (Å²) in [5.74, 6) is 3.49. The van der Waals surface area contributed by atoms with E-state index in [1.54, 1.807) is 37.3 Å². The Kier molecular flexibility index (Phi) is 24.8. The molecule has 2 aliphatic heterocycles. The van der Waals surface area contributed by atoms with E-state index >= 15 is 0 Å². The maximum Gasteiger partial charge on any atom is 0.345 e. The molecular weight excluding hydrogens is 1180 g/mol. The number of pyridine rings is 4. The summed E-state index contributed by atoms with van der Waals surface area (Å²) < 4.78 is 0. The van der Waals surface area contributed by atoms with Gasteiger partial charge in [-0.1, -0.05) is 139 Å². The topological polar surface area (TPSA) is 253 Å². The molecule has 4 N–H and O–H groups in total. The summed E-state index contributed by atoms with van der Waals surface area (Å²) in [5.41, 5.74) is 18.0. The van der Waals surface area contributed by atoms with E-state index < -0.39 is 0 Å². The third kappa shape index (κ3) is 19.8. The number of aromatic amines is 2. The quantitative estimate of drug-likeness (QED) is 0.116. The van der Waals surface area contributed by atoms with Crippen LogP contribution in [-0.4, -0.2) is 78.2 Å². The van der Waals surface area contributed by atoms with Gasteiger partial charge in [-0.25, -0.2) is 44.7 Å². The van der Waals surface area contributed by atoms with Crippen molar-refractivity contribution in [3.63, 3.8) is 0 Å². The second-order valence-corrected chi connectivity index (χ2v) is 25.6. The fourth-order valence-corrected chi connectivity index (χ4v) is 10.2.